The molecule has 0 saturated heterocycles. The summed E-state index contributed by atoms with van der Waals surface area (Å²) in [6.07, 6.45) is 5.08. The average molecular weight is 225 g/mol. The van der Waals surface area contributed by atoms with Gasteiger partial charge >= 0.3 is 0 Å². The fraction of sp³-hybridized carbons (Fsp3) is 0.667. The monoisotopic (exact) mass is 225 g/mol. The minimum Gasteiger partial charge on any atom is -0.372 e. The van der Waals surface area contributed by atoms with Crippen molar-refractivity contribution in [1.29, 1.82) is 0 Å². The van der Waals surface area contributed by atoms with Crippen LogP contribution in [0.25, 0.3) is 0 Å². The molecule has 84 valence electrons. The van der Waals surface area contributed by atoms with Gasteiger partial charge in [-0.1, -0.05) is 0 Å². The summed E-state index contributed by atoms with van der Waals surface area (Å²) in [6, 6.07) is 0. The van der Waals surface area contributed by atoms with Crippen molar-refractivity contribution >= 4 is 11.3 Å². The predicted octanol–water partition coefficient (Wildman–Crippen LogP) is 2.45. The highest BCUT2D eigenvalue weighted by molar-refractivity contribution is 7.10. The van der Waals surface area contributed by atoms with Crippen molar-refractivity contribution in [3.63, 3.8) is 0 Å². The summed E-state index contributed by atoms with van der Waals surface area (Å²) in [7, 11) is 1.75. The van der Waals surface area contributed by atoms with Crippen molar-refractivity contribution in [2.75, 3.05) is 13.7 Å². The highest BCUT2D eigenvalue weighted by atomic mass is 32.1. The maximum absolute atomic E-state index is 5.82. The molecule has 1 aliphatic rings. The second kappa shape index (κ2) is 4.24. The van der Waals surface area contributed by atoms with Crippen LogP contribution >= 0.6 is 11.3 Å². The third-order valence-corrected chi connectivity index (χ3v) is 4.56. The SMILES string of the molecule is COC(C)(CN)c1csc2c1CCCC2. The third-order valence-electron chi connectivity index (χ3n) is 3.47. The molecule has 1 heterocycles. The Hall–Kier alpha value is -0.380. The lowest BCUT2D eigenvalue weighted by Crippen LogP contribution is -2.34. The Bertz CT molecular complexity index is 341. The van der Waals surface area contributed by atoms with Gasteiger partial charge in [0.1, 0.15) is 5.60 Å². The van der Waals surface area contributed by atoms with Crippen LogP contribution in [0.1, 0.15) is 35.8 Å². The molecule has 1 atom stereocenters. The zero-order valence-corrected chi connectivity index (χ0v) is 10.3. The Kier molecular flexibility index (Phi) is 3.14. The summed E-state index contributed by atoms with van der Waals surface area (Å²) >= 11 is 1.87. The zero-order chi connectivity index (χ0) is 10.9. The van der Waals surface area contributed by atoms with Gasteiger partial charge in [0, 0.05) is 18.5 Å². The number of hydrogen-bond donors (Lipinski definition) is 1. The van der Waals surface area contributed by atoms with Crippen LogP contribution in [0.4, 0.5) is 0 Å². The molecule has 2 rings (SSSR count). The molecule has 0 spiro atoms. The molecule has 0 amide bonds. The summed E-state index contributed by atoms with van der Waals surface area (Å²) in [5.74, 6) is 0. The lowest BCUT2D eigenvalue weighted by Gasteiger charge is -2.28. The molecular weight excluding hydrogens is 206 g/mol. The predicted molar refractivity (Wildman–Crippen MR) is 64.4 cm³/mol. The fourth-order valence-corrected chi connectivity index (χ4v) is 3.51. The number of hydrogen-bond acceptors (Lipinski definition) is 3. The van der Waals surface area contributed by atoms with Crippen LogP contribution in [0.2, 0.25) is 0 Å². The minimum absolute atomic E-state index is 0.290. The van der Waals surface area contributed by atoms with Crippen molar-refractivity contribution in [2.45, 2.75) is 38.2 Å². The number of fused-ring (bicyclic) bond motifs is 1. The van der Waals surface area contributed by atoms with E-state index in [9.17, 15) is 0 Å². The molecule has 0 aliphatic heterocycles. The van der Waals surface area contributed by atoms with Gasteiger partial charge in [0.2, 0.25) is 0 Å². The van der Waals surface area contributed by atoms with Gasteiger partial charge in [0.25, 0.3) is 0 Å². The Labute approximate surface area is 95.4 Å². The molecule has 15 heavy (non-hydrogen) atoms. The Morgan fingerprint density at radius 1 is 1.47 bits per heavy atom. The first kappa shape index (κ1) is 11.1. The third kappa shape index (κ3) is 1.84. The fourth-order valence-electron chi connectivity index (χ4n) is 2.24. The largest absolute Gasteiger partial charge is 0.372 e. The summed E-state index contributed by atoms with van der Waals surface area (Å²) in [5.41, 5.74) is 8.37. The van der Waals surface area contributed by atoms with Crippen LogP contribution in [0.3, 0.4) is 0 Å². The van der Waals surface area contributed by atoms with E-state index in [1.165, 1.54) is 36.8 Å². The van der Waals surface area contributed by atoms with E-state index in [2.05, 4.69) is 12.3 Å². The highest BCUT2D eigenvalue weighted by Gasteiger charge is 2.30. The second-order valence-electron chi connectivity index (χ2n) is 4.40. The second-order valence-corrected chi connectivity index (χ2v) is 5.36. The van der Waals surface area contributed by atoms with Gasteiger partial charge in [-0.3, -0.25) is 0 Å². The number of methoxy groups -OCH3 is 1. The van der Waals surface area contributed by atoms with E-state index in [0.29, 0.717) is 6.54 Å². The van der Waals surface area contributed by atoms with Crippen molar-refractivity contribution < 1.29 is 4.74 Å². The highest BCUT2D eigenvalue weighted by Crippen LogP contribution is 2.37. The zero-order valence-electron chi connectivity index (χ0n) is 9.51. The maximum atomic E-state index is 5.82. The van der Waals surface area contributed by atoms with E-state index in [4.69, 9.17) is 10.5 Å². The number of nitrogens with two attached hydrogens (primary N) is 1. The van der Waals surface area contributed by atoms with Crippen molar-refractivity contribution in [2.24, 2.45) is 5.73 Å². The molecule has 1 aromatic rings. The minimum atomic E-state index is -0.290. The standard InChI is InChI=1S/C12H19NOS/c1-12(8-13,14-2)10-7-15-11-6-4-3-5-9(10)11/h7H,3-6,8,13H2,1-2H3. The number of aryl methyl sites for hydroxylation is 1. The molecule has 1 aliphatic carbocycles. The molecule has 3 heteroatoms. The van der Waals surface area contributed by atoms with Gasteiger partial charge in [-0.25, -0.2) is 0 Å². The van der Waals surface area contributed by atoms with Crippen LogP contribution in [0.5, 0.6) is 0 Å². The Morgan fingerprint density at radius 3 is 2.87 bits per heavy atom. The van der Waals surface area contributed by atoms with E-state index >= 15 is 0 Å². The van der Waals surface area contributed by atoms with Gasteiger partial charge < -0.3 is 10.5 Å². The molecule has 0 radical (unpaired) electrons. The normalized spacial score (nSPS) is 19.7. The molecule has 2 nitrogen and oxygen atoms in total. The first-order valence-corrected chi connectivity index (χ1v) is 6.44. The first-order chi connectivity index (χ1) is 7.21. The van der Waals surface area contributed by atoms with Crippen LogP contribution in [0.15, 0.2) is 5.38 Å². The number of ether oxygens (including phenoxy) is 1. The summed E-state index contributed by atoms with van der Waals surface area (Å²) in [6.45, 7) is 2.64. The lowest BCUT2D eigenvalue weighted by molar-refractivity contribution is 0.00961. The Morgan fingerprint density at radius 2 is 2.20 bits per heavy atom. The van der Waals surface area contributed by atoms with E-state index in [1.807, 2.05) is 11.3 Å². The van der Waals surface area contributed by atoms with Crippen LogP contribution in [-0.4, -0.2) is 13.7 Å². The molecule has 0 aromatic carbocycles. The summed E-state index contributed by atoms with van der Waals surface area (Å²) < 4.78 is 5.58. The van der Waals surface area contributed by atoms with Crippen molar-refractivity contribution in [3.05, 3.63) is 21.4 Å². The van der Waals surface area contributed by atoms with E-state index in [1.54, 1.807) is 12.0 Å². The number of thiophene rings is 1. The first-order valence-electron chi connectivity index (χ1n) is 5.56. The van der Waals surface area contributed by atoms with E-state index in [-0.39, 0.29) is 5.60 Å². The van der Waals surface area contributed by atoms with Crippen molar-refractivity contribution in [3.8, 4) is 0 Å². The average Bonchev–Trinajstić information content (AvgIpc) is 2.72. The van der Waals surface area contributed by atoms with Crippen LogP contribution < -0.4 is 5.73 Å². The molecule has 2 N–H and O–H groups in total. The molecular formula is C12H19NOS. The van der Waals surface area contributed by atoms with Gasteiger partial charge in [-0.05, 0) is 49.1 Å². The molecule has 0 bridgehead atoms. The van der Waals surface area contributed by atoms with Crippen LogP contribution in [-0.2, 0) is 23.2 Å². The Balaban J connectivity index is 2.39. The van der Waals surface area contributed by atoms with Crippen LogP contribution in [0, 0.1) is 0 Å². The van der Waals surface area contributed by atoms with Gasteiger partial charge in [0.15, 0.2) is 0 Å². The molecule has 0 fully saturated rings. The molecule has 1 aromatic heterocycles. The summed E-state index contributed by atoms with van der Waals surface area (Å²) in [5, 5.41) is 2.24. The van der Waals surface area contributed by atoms with Gasteiger partial charge in [-0.2, -0.15) is 0 Å². The molecule has 1 unspecified atom stereocenters. The van der Waals surface area contributed by atoms with E-state index in [0.717, 1.165) is 0 Å². The quantitative estimate of drug-likeness (QED) is 0.857. The molecule has 0 saturated carbocycles. The number of rotatable bonds is 3. The maximum Gasteiger partial charge on any atom is 0.103 e. The van der Waals surface area contributed by atoms with Gasteiger partial charge in [-0.15, -0.1) is 11.3 Å². The van der Waals surface area contributed by atoms with Gasteiger partial charge in [0.05, 0.1) is 0 Å². The van der Waals surface area contributed by atoms with E-state index < -0.39 is 0 Å². The summed E-state index contributed by atoms with van der Waals surface area (Å²) in [4.78, 5) is 1.55. The lowest BCUT2D eigenvalue weighted by atomic mass is 9.88. The van der Waals surface area contributed by atoms with Crippen molar-refractivity contribution in [1.82, 2.24) is 0 Å². The smallest absolute Gasteiger partial charge is 0.103 e. The topological polar surface area (TPSA) is 35.2 Å².